The van der Waals surface area contributed by atoms with E-state index in [1.807, 2.05) is 26.0 Å². The van der Waals surface area contributed by atoms with Crippen LogP contribution in [-0.4, -0.2) is 65.8 Å². The molecule has 0 saturated carbocycles. The molecular weight excluding hydrogens is 440 g/mol. The fourth-order valence-electron chi connectivity index (χ4n) is 3.45. The smallest absolute Gasteiger partial charge is 0.246 e. The van der Waals surface area contributed by atoms with E-state index in [0.717, 1.165) is 5.56 Å². The second-order valence-electron chi connectivity index (χ2n) is 7.55. The first kappa shape index (κ1) is 23.5. The van der Waals surface area contributed by atoms with Gasteiger partial charge in [0.25, 0.3) is 0 Å². The minimum atomic E-state index is -3.88. The highest BCUT2D eigenvalue weighted by Crippen LogP contribution is 2.31. The molecule has 1 fully saturated rings. The highest BCUT2D eigenvalue weighted by atomic mass is 32.2. The van der Waals surface area contributed by atoms with Crippen LogP contribution in [0.4, 0.5) is 0 Å². The molecule has 0 radical (unpaired) electrons. The van der Waals surface area contributed by atoms with Crippen LogP contribution in [0.15, 0.2) is 52.3 Å². The predicted octanol–water partition coefficient (Wildman–Crippen LogP) is 2.52. The van der Waals surface area contributed by atoms with Gasteiger partial charge in [-0.15, -0.1) is 0 Å². The number of ether oxygens (including phenoxy) is 2. The van der Waals surface area contributed by atoms with Crippen LogP contribution in [0.25, 0.3) is 0 Å². The Morgan fingerprint density at radius 1 is 0.774 bits per heavy atom. The highest BCUT2D eigenvalue weighted by Gasteiger charge is 2.35. The molecule has 2 aromatic carbocycles. The first-order chi connectivity index (χ1) is 14.6. The number of methoxy groups -OCH3 is 2. The zero-order valence-electron chi connectivity index (χ0n) is 18.1. The normalized spacial score (nSPS) is 16.4. The second-order valence-corrected chi connectivity index (χ2v) is 11.4. The van der Waals surface area contributed by atoms with Gasteiger partial charge in [0, 0.05) is 32.2 Å². The molecule has 3 rings (SSSR count). The van der Waals surface area contributed by atoms with Crippen molar-refractivity contribution in [2.75, 3.05) is 40.4 Å². The largest absolute Gasteiger partial charge is 0.497 e. The summed E-state index contributed by atoms with van der Waals surface area (Å²) in [6.45, 7) is 4.32. The van der Waals surface area contributed by atoms with Gasteiger partial charge in [-0.05, 0) is 35.7 Å². The van der Waals surface area contributed by atoms with Gasteiger partial charge in [-0.25, -0.2) is 16.8 Å². The summed E-state index contributed by atoms with van der Waals surface area (Å²) >= 11 is 0. The molecule has 0 atom stereocenters. The van der Waals surface area contributed by atoms with Gasteiger partial charge in [0.05, 0.1) is 19.1 Å². The van der Waals surface area contributed by atoms with Gasteiger partial charge in [-0.2, -0.15) is 8.61 Å². The fourth-order valence-corrected chi connectivity index (χ4v) is 6.46. The molecule has 0 aromatic heterocycles. The summed E-state index contributed by atoms with van der Waals surface area (Å²) in [5.41, 5.74) is 1.06. The molecule has 1 heterocycles. The van der Waals surface area contributed by atoms with Gasteiger partial charge in [0.15, 0.2) is 0 Å². The number of nitrogens with zero attached hydrogens (tertiary/aromatic N) is 2. The molecule has 0 spiro atoms. The van der Waals surface area contributed by atoms with Crippen LogP contribution >= 0.6 is 0 Å². The van der Waals surface area contributed by atoms with Crippen molar-refractivity contribution in [2.24, 2.45) is 0 Å². The molecule has 0 N–H and O–H groups in total. The van der Waals surface area contributed by atoms with Crippen LogP contribution in [0.2, 0.25) is 0 Å². The Bertz CT molecular complexity index is 1120. The van der Waals surface area contributed by atoms with Crippen LogP contribution in [0.1, 0.15) is 25.3 Å². The summed E-state index contributed by atoms with van der Waals surface area (Å²) in [4.78, 5) is 0.206. The van der Waals surface area contributed by atoms with Gasteiger partial charge < -0.3 is 9.47 Å². The summed E-state index contributed by atoms with van der Waals surface area (Å²) in [7, 11) is -4.72. The van der Waals surface area contributed by atoms with Gasteiger partial charge in [0.2, 0.25) is 20.0 Å². The van der Waals surface area contributed by atoms with Gasteiger partial charge >= 0.3 is 0 Å². The van der Waals surface area contributed by atoms with Crippen molar-refractivity contribution in [3.8, 4) is 11.5 Å². The highest BCUT2D eigenvalue weighted by molar-refractivity contribution is 7.89. The number of hydrogen-bond acceptors (Lipinski definition) is 6. The number of benzene rings is 2. The molecule has 31 heavy (non-hydrogen) atoms. The quantitative estimate of drug-likeness (QED) is 0.620. The number of sulfonamides is 2. The minimum Gasteiger partial charge on any atom is -0.497 e. The molecule has 10 heteroatoms. The van der Waals surface area contributed by atoms with Crippen molar-refractivity contribution >= 4 is 20.0 Å². The lowest BCUT2D eigenvalue weighted by atomic mass is 10.0. The van der Waals surface area contributed by atoms with E-state index in [-0.39, 0.29) is 41.7 Å². The van der Waals surface area contributed by atoms with E-state index < -0.39 is 20.0 Å². The maximum Gasteiger partial charge on any atom is 0.246 e. The third-order valence-electron chi connectivity index (χ3n) is 5.37. The predicted molar refractivity (Wildman–Crippen MR) is 118 cm³/mol. The molecule has 1 aliphatic rings. The van der Waals surface area contributed by atoms with Crippen molar-refractivity contribution in [3.63, 3.8) is 0 Å². The Labute approximate surface area is 184 Å². The third kappa shape index (κ3) is 4.72. The standard InChI is InChI=1S/C21H28N2O6S2/c1-16(2)17-5-8-19(9-6-17)30(24,25)22-11-13-23(14-12-22)31(26,27)21-15-18(28-3)7-10-20(21)29-4/h5-10,15-16H,11-14H2,1-4H3. The Morgan fingerprint density at radius 2 is 1.32 bits per heavy atom. The van der Waals surface area contributed by atoms with E-state index in [2.05, 4.69) is 0 Å². The van der Waals surface area contributed by atoms with Crippen LogP contribution in [0, 0.1) is 0 Å². The molecule has 1 saturated heterocycles. The molecule has 0 amide bonds. The Balaban J connectivity index is 1.78. The maximum atomic E-state index is 13.2. The minimum absolute atomic E-state index is 0.00469. The van der Waals surface area contributed by atoms with Gasteiger partial charge in [-0.3, -0.25) is 0 Å². The van der Waals surface area contributed by atoms with Crippen molar-refractivity contribution in [3.05, 3.63) is 48.0 Å². The van der Waals surface area contributed by atoms with E-state index in [1.54, 1.807) is 18.2 Å². The molecule has 2 aromatic rings. The summed E-state index contributed by atoms with van der Waals surface area (Å²) in [6.07, 6.45) is 0. The summed E-state index contributed by atoms with van der Waals surface area (Å²) in [5, 5.41) is 0. The van der Waals surface area contributed by atoms with Crippen molar-refractivity contribution in [2.45, 2.75) is 29.6 Å². The average Bonchev–Trinajstić information content (AvgIpc) is 2.78. The summed E-state index contributed by atoms with van der Waals surface area (Å²) in [5.74, 6) is 0.908. The van der Waals surface area contributed by atoms with Crippen molar-refractivity contribution in [1.29, 1.82) is 0 Å². The van der Waals surface area contributed by atoms with E-state index in [4.69, 9.17) is 9.47 Å². The SMILES string of the molecule is COc1ccc(OC)c(S(=O)(=O)N2CCN(S(=O)(=O)c3ccc(C(C)C)cc3)CC2)c1. The molecule has 1 aliphatic heterocycles. The first-order valence-corrected chi connectivity index (χ1v) is 12.8. The number of piperazine rings is 1. The van der Waals surface area contributed by atoms with E-state index in [1.165, 1.54) is 35.0 Å². The van der Waals surface area contributed by atoms with Crippen LogP contribution in [0.5, 0.6) is 11.5 Å². The maximum absolute atomic E-state index is 13.2. The Morgan fingerprint density at radius 3 is 1.81 bits per heavy atom. The number of rotatable bonds is 7. The average molecular weight is 469 g/mol. The van der Waals surface area contributed by atoms with Gasteiger partial charge in [0.1, 0.15) is 16.4 Å². The molecular formula is C21H28N2O6S2. The molecule has 0 bridgehead atoms. The van der Waals surface area contributed by atoms with Crippen LogP contribution in [0.3, 0.4) is 0 Å². The van der Waals surface area contributed by atoms with E-state index in [9.17, 15) is 16.8 Å². The summed E-state index contributed by atoms with van der Waals surface area (Å²) < 4.78 is 65.3. The molecule has 170 valence electrons. The lowest BCUT2D eigenvalue weighted by Gasteiger charge is -2.33. The van der Waals surface area contributed by atoms with Crippen molar-refractivity contribution < 1.29 is 26.3 Å². The number of hydrogen-bond donors (Lipinski definition) is 0. The van der Waals surface area contributed by atoms with Crippen LogP contribution in [-0.2, 0) is 20.0 Å². The summed E-state index contributed by atoms with van der Waals surface area (Å²) in [6, 6.07) is 11.4. The third-order valence-corrected chi connectivity index (χ3v) is 9.20. The molecule has 0 unspecified atom stereocenters. The van der Waals surface area contributed by atoms with Gasteiger partial charge in [-0.1, -0.05) is 26.0 Å². The van der Waals surface area contributed by atoms with E-state index >= 15 is 0 Å². The monoisotopic (exact) mass is 468 g/mol. The molecule has 0 aliphatic carbocycles. The van der Waals surface area contributed by atoms with Crippen LogP contribution < -0.4 is 9.47 Å². The Kier molecular flexibility index (Phi) is 6.95. The zero-order valence-corrected chi connectivity index (χ0v) is 19.7. The zero-order chi connectivity index (χ0) is 22.8. The lowest BCUT2D eigenvalue weighted by molar-refractivity contribution is 0.272. The Hall–Kier alpha value is -2.14. The first-order valence-electron chi connectivity index (χ1n) is 9.93. The molecule has 8 nitrogen and oxygen atoms in total. The van der Waals surface area contributed by atoms with Crippen molar-refractivity contribution in [1.82, 2.24) is 8.61 Å². The fraction of sp³-hybridized carbons (Fsp3) is 0.429. The second kappa shape index (κ2) is 9.15. The lowest BCUT2D eigenvalue weighted by Crippen LogP contribution is -2.50. The topological polar surface area (TPSA) is 93.2 Å². The van der Waals surface area contributed by atoms with E-state index in [0.29, 0.717) is 11.7 Å².